The number of aromatic nitrogens is 3. The van der Waals surface area contributed by atoms with Crippen molar-refractivity contribution >= 4 is 34.1 Å². The van der Waals surface area contributed by atoms with Gasteiger partial charge in [-0.05, 0) is 37.6 Å². The molecule has 4 aromatic rings. The first-order valence-electron chi connectivity index (χ1n) is 7.93. The van der Waals surface area contributed by atoms with Crippen LogP contribution in [-0.4, -0.2) is 20.7 Å². The summed E-state index contributed by atoms with van der Waals surface area (Å²) in [6, 6.07) is 14.5. The number of benzene rings is 2. The zero-order valence-electron chi connectivity index (χ0n) is 14.0. The Morgan fingerprint density at radius 1 is 1.17 bits per heavy atom. The van der Waals surface area contributed by atoms with Crippen LogP contribution in [0.3, 0.4) is 0 Å². The number of nitrogens with zero attached hydrogens (tertiary/aromatic N) is 3. The van der Waals surface area contributed by atoms with Gasteiger partial charge in [0.25, 0.3) is 0 Å². The number of aryl methyl sites for hydroxylation is 2. The van der Waals surface area contributed by atoms with Gasteiger partial charge in [-0.25, -0.2) is 10.4 Å². The summed E-state index contributed by atoms with van der Waals surface area (Å²) in [6.45, 7) is 4.17. The third-order valence-electron chi connectivity index (χ3n) is 4.45. The number of hydrazone groups is 1. The van der Waals surface area contributed by atoms with Crippen LogP contribution >= 0.6 is 0 Å². The molecule has 2 aromatic heterocycles. The highest BCUT2D eigenvalue weighted by Gasteiger charge is 2.09. The molecule has 2 aromatic carbocycles. The predicted molar refractivity (Wildman–Crippen MR) is 99.7 cm³/mol. The van der Waals surface area contributed by atoms with E-state index in [9.17, 15) is 0 Å². The molecule has 0 saturated carbocycles. The number of hydrogen-bond donors (Lipinski definition) is 2. The smallest absolute Gasteiger partial charge is 0.222 e. The van der Waals surface area contributed by atoms with E-state index in [0.717, 1.165) is 16.6 Å². The molecule has 0 aliphatic heterocycles. The number of H-pyrrole nitrogens is 1. The molecule has 0 amide bonds. The maximum absolute atomic E-state index is 4.49. The Morgan fingerprint density at radius 3 is 2.88 bits per heavy atom. The minimum absolute atomic E-state index is 0.643. The van der Waals surface area contributed by atoms with Crippen molar-refractivity contribution in [1.82, 2.24) is 14.5 Å². The Balaban J connectivity index is 1.64. The molecule has 0 atom stereocenters. The molecular formula is C19H19N5. The van der Waals surface area contributed by atoms with E-state index in [4.69, 9.17) is 0 Å². The monoisotopic (exact) mass is 317 g/mol. The summed E-state index contributed by atoms with van der Waals surface area (Å²) in [5.74, 6) is 0.643. The van der Waals surface area contributed by atoms with Crippen LogP contribution in [0.2, 0.25) is 0 Å². The highest BCUT2D eigenvalue weighted by molar-refractivity contribution is 6.01. The Labute approximate surface area is 140 Å². The molecule has 2 N–H and O–H groups in total. The SMILES string of the molecule is Cc1ccc2nc(N/N=C\c3c(C)n(C)c4ccccc34)[nH]c2c1. The van der Waals surface area contributed by atoms with Gasteiger partial charge < -0.3 is 9.55 Å². The summed E-state index contributed by atoms with van der Waals surface area (Å²) < 4.78 is 2.18. The van der Waals surface area contributed by atoms with Gasteiger partial charge in [0.1, 0.15) is 0 Å². The van der Waals surface area contributed by atoms with Crippen LogP contribution in [0.5, 0.6) is 0 Å². The van der Waals surface area contributed by atoms with Crippen LogP contribution in [0.25, 0.3) is 21.9 Å². The molecule has 4 rings (SSSR count). The van der Waals surface area contributed by atoms with Crippen molar-refractivity contribution in [3.05, 3.63) is 59.3 Å². The van der Waals surface area contributed by atoms with Gasteiger partial charge in [-0.3, -0.25) is 0 Å². The van der Waals surface area contributed by atoms with Crippen molar-refractivity contribution in [2.24, 2.45) is 12.1 Å². The molecule has 5 nitrogen and oxygen atoms in total. The van der Waals surface area contributed by atoms with Crippen molar-refractivity contribution in [2.45, 2.75) is 13.8 Å². The minimum atomic E-state index is 0.643. The first-order chi connectivity index (χ1) is 11.6. The fourth-order valence-corrected chi connectivity index (χ4v) is 3.05. The van der Waals surface area contributed by atoms with Crippen molar-refractivity contribution in [3.8, 4) is 0 Å². The number of hydrogen-bond acceptors (Lipinski definition) is 3. The van der Waals surface area contributed by atoms with E-state index in [1.807, 2.05) is 18.3 Å². The molecule has 0 aliphatic rings. The van der Waals surface area contributed by atoms with Crippen molar-refractivity contribution < 1.29 is 0 Å². The number of rotatable bonds is 3. The number of anilines is 1. The van der Waals surface area contributed by atoms with E-state index in [2.05, 4.69) is 76.3 Å². The Hall–Kier alpha value is -3.08. The van der Waals surface area contributed by atoms with Crippen LogP contribution in [0.1, 0.15) is 16.8 Å². The van der Waals surface area contributed by atoms with Crippen LogP contribution in [-0.2, 0) is 7.05 Å². The lowest BCUT2D eigenvalue weighted by Crippen LogP contribution is -1.95. The molecule has 0 aliphatic carbocycles. The molecule has 0 saturated heterocycles. The van der Waals surface area contributed by atoms with Gasteiger partial charge in [0.15, 0.2) is 0 Å². The van der Waals surface area contributed by atoms with Crippen molar-refractivity contribution in [3.63, 3.8) is 0 Å². The molecule has 24 heavy (non-hydrogen) atoms. The summed E-state index contributed by atoms with van der Waals surface area (Å²) in [6.07, 6.45) is 1.86. The third kappa shape index (κ3) is 2.34. The van der Waals surface area contributed by atoms with Gasteiger partial charge in [-0.1, -0.05) is 24.3 Å². The highest BCUT2D eigenvalue weighted by Crippen LogP contribution is 2.23. The third-order valence-corrected chi connectivity index (χ3v) is 4.45. The second kappa shape index (κ2) is 5.53. The quantitative estimate of drug-likeness (QED) is 0.441. The van der Waals surface area contributed by atoms with E-state index in [1.54, 1.807) is 0 Å². The summed E-state index contributed by atoms with van der Waals surface area (Å²) in [5.41, 5.74) is 9.64. The van der Waals surface area contributed by atoms with E-state index in [-0.39, 0.29) is 0 Å². The zero-order chi connectivity index (χ0) is 16.7. The molecule has 120 valence electrons. The van der Waals surface area contributed by atoms with Gasteiger partial charge in [-0.15, -0.1) is 0 Å². The first-order valence-corrected chi connectivity index (χ1v) is 7.93. The standard InChI is InChI=1S/C19H19N5/c1-12-8-9-16-17(10-12)22-19(21-16)23-20-11-15-13(2)24(3)18-7-5-4-6-14(15)18/h4-11H,1-3H3,(H2,21,22,23)/b20-11-. The molecule has 0 radical (unpaired) electrons. The van der Waals surface area contributed by atoms with E-state index in [0.29, 0.717) is 5.95 Å². The van der Waals surface area contributed by atoms with E-state index in [1.165, 1.54) is 22.2 Å². The topological polar surface area (TPSA) is 58.0 Å². The number of imidazole rings is 1. The lowest BCUT2D eigenvalue weighted by molar-refractivity contribution is 0.916. The Bertz CT molecular complexity index is 1070. The maximum Gasteiger partial charge on any atom is 0.222 e. The van der Waals surface area contributed by atoms with Gasteiger partial charge in [-0.2, -0.15) is 5.10 Å². The van der Waals surface area contributed by atoms with Crippen LogP contribution in [0.4, 0.5) is 5.95 Å². The number of aromatic amines is 1. The average molecular weight is 317 g/mol. The van der Waals surface area contributed by atoms with Gasteiger partial charge in [0, 0.05) is 29.2 Å². The molecule has 2 heterocycles. The Morgan fingerprint density at radius 2 is 2.00 bits per heavy atom. The Kier molecular flexibility index (Phi) is 3.34. The summed E-state index contributed by atoms with van der Waals surface area (Å²) >= 11 is 0. The lowest BCUT2D eigenvalue weighted by Gasteiger charge is -1.97. The average Bonchev–Trinajstić information content (AvgIpc) is 3.09. The normalized spacial score (nSPS) is 11.8. The van der Waals surface area contributed by atoms with Crippen molar-refractivity contribution in [1.29, 1.82) is 0 Å². The molecule has 0 bridgehead atoms. The summed E-state index contributed by atoms with van der Waals surface area (Å²) in [4.78, 5) is 7.73. The zero-order valence-corrected chi connectivity index (χ0v) is 14.0. The minimum Gasteiger partial charge on any atom is -0.347 e. The number of para-hydroxylation sites is 1. The van der Waals surface area contributed by atoms with Gasteiger partial charge in [0.05, 0.1) is 17.2 Å². The van der Waals surface area contributed by atoms with Gasteiger partial charge >= 0.3 is 0 Å². The maximum atomic E-state index is 4.49. The number of nitrogens with one attached hydrogen (secondary N) is 2. The fraction of sp³-hybridized carbons (Fsp3) is 0.158. The summed E-state index contributed by atoms with van der Waals surface area (Å²) in [5, 5.41) is 5.57. The second-order valence-corrected chi connectivity index (χ2v) is 6.05. The summed E-state index contributed by atoms with van der Waals surface area (Å²) in [7, 11) is 2.07. The van der Waals surface area contributed by atoms with E-state index >= 15 is 0 Å². The number of fused-ring (bicyclic) bond motifs is 2. The largest absolute Gasteiger partial charge is 0.347 e. The molecular weight excluding hydrogens is 298 g/mol. The van der Waals surface area contributed by atoms with Gasteiger partial charge in [0.2, 0.25) is 5.95 Å². The molecule has 0 unspecified atom stereocenters. The molecule has 5 heteroatoms. The van der Waals surface area contributed by atoms with Crippen LogP contribution in [0.15, 0.2) is 47.6 Å². The highest BCUT2D eigenvalue weighted by atomic mass is 15.3. The van der Waals surface area contributed by atoms with Crippen LogP contribution in [0, 0.1) is 13.8 Å². The predicted octanol–water partition coefficient (Wildman–Crippen LogP) is 4.12. The van der Waals surface area contributed by atoms with Crippen LogP contribution < -0.4 is 5.43 Å². The second-order valence-electron chi connectivity index (χ2n) is 6.05. The lowest BCUT2D eigenvalue weighted by atomic mass is 10.1. The van der Waals surface area contributed by atoms with E-state index < -0.39 is 0 Å². The fourth-order valence-electron chi connectivity index (χ4n) is 3.05. The van der Waals surface area contributed by atoms with Crippen molar-refractivity contribution in [2.75, 3.05) is 5.43 Å². The molecule has 0 spiro atoms. The molecule has 0 fully saturated rings. The first kappa shape index (κ1) is 14.5.